The Kier molecular flexibility index (Phi) is 8.88. The fourth-order valence-corrected chi connectivity index (χ4v) is 7.35. The zero-order chi connectivity index (χ0) is 35.7. The van der Waals surface area contributed by atoms with Gasteiger partial charge < -0.3 is 4.98 Å². The molecule has 0 saturated carbocycles. The number of benzene rings is 5. The topological polar surface area (TPSA) is 51.6 Å². The van der Waals surface area contributed by atoms with Gasteiger partial charge in [0.15, 0.2) is 17.5 Å². The number of fused-ring (bicyclic) bond motifs is 4. The van der Waals surface area contributed by atoms with Crippen LogP contribution in [0.4, 0.5) is 0 Å². The molecule has 0 spiro atoms. The number of hydrogen-bond donors (Lipinski definition) is 0. The molecular weight excluding hydrogens is 813 g/mol. The van der Waals surface area contributed by atoms with Gasteiger partial charge in [-0.3, -0.25) is 0 Å². The number of aromatic nitrogens is 4. The van der Waals surface area contributed by atoms with Crippen molar-refractivity contribution in [3.8, 4) is 56.5 Å². The molecule has 2 aromatic heterocycles. The smallest absolute Gasteiger partial charge is 0.166 e. The Hall–Kier alpha value is -4.83. The van der Waals surface area contributed by atoms with Gasteiger partial charge in [-0.05, 0) is 49.4 Å². The van der Waals surface area contributed by atoms with E-state index < -0.39 is 0 Å². The maximum Gasteiger partial charge on any atom is 0.166 e. The second kappa shape index (κ2) is 13.0. The Morgan fingerprint density at radius 2 is 1.06 bits per heavy atom. The van der Waals surface area contributed by atoms with E-state index >= 15 is 0 Å². The summed E-state index contributed by atoms with van der Waals surface area (Å²) in [6.07, 6.45) is 1.92. The molecule has 1 radical (unpaired) electrons. The predicted molar refractivity (Wildman–Crippen MR) is 211 cm³/mol. The van der Waals surface area contributed by atoms with Crippen LogP contribution in [-0.4, -0.2) is 19.9 Å². The van der Waals surface area contributed by atoms with Crippen LogP contribution in [0.2, 0.25) is 0 Å². The monoisotopic (exact) mass is 856 g/mol. The number of nitrogens with zero attached hydrogens (tertiary/aromatic N) is 4. The van der Waals surface area contributed by atoms with Crippen molar-refractivity contribution in [3.63, 3.8) is 0 Å². The summed E-state index contributed by atoms with van der Waals surface area (Å²) in [7, 11) is 0. The molecule has 261 valence electrons. The minimum absolute atomic E-state index is 0. The molecule has 0 saturated heterocycles. The summed E-state index contributed by atoms with van der Waals surface area (Å²) in [5.74, 6) is 1.87. The Labute approximate surface area is 321 Å². The van der Waals surface area contributed by atoms with E-state index in [4.69, 9.17) is 19.9 Å². The maximum absolute atomic E-state index is 5.13. The summed E-state index contributed by atoms with van der Waals surface area (Å²) in [5, 5.41) is 2.07. The van der Waals surface area contributed by atoms with E-state index in [9.17, 15) is 0 Å². The van der Waals surface area contributed by atoms with E-state index in [1.165, 1.54) is 33.4 Å². The molecular formula is C47H43IrN4-. The molecule has 4 nitrogen and oxygen atoms in total. The van der Waals surface area contributed by atoms with Crippen LogP contribution in [0.15, 0.2) is 115 Å². The second-order valence-electron chi connectivity index (χ2n) is 16.4. The van der Waals surface area contributed by atoms with Gasteiger partial charge in [-0.2, -0.15) is 0 Å². The Morgan fingerprint density at radius 3 is 1.63 bits per heavy atom. The molecule has 1 aliphatic rings. The summed E-state index contributed by atoms with van der Waals surface area (Å²) in [6, 6.07) is 42.3. The van der Waals surface area contributed by atoms with Crippen LogP contribution in [0.5, 0.6) is 0 Å². The second-order valence-corrected chi connectivity index (χ2v) is 16.4. The van der Waals surface area contributed by atoms with E-state index in [0.29, 0.717) is 17.5 Å². The maximum atomic E-state index is 5.13. The van der Waals surface area contributed by atoms with Crippen molar-refractivity contribution in [2.75, 3.05) is 0 Å². The normalized spacial score (nSPS) is 13.4. The van der Waals surface area contributed by atoms with Crippen LogP contribution in [0.25, 0.3) is 67.3 Å². The SMILES string of the molecule is CC(C)(C)c1ccc(-c2nc(-c3ccc(C(C)(C)C)cc3)nc(-c3cnc(-c4[c-]cc5c(c4)C(C)(C)c4ccccc4-5)c4ccccc34)n2)cc1.[Ir]. The molecule has 1 aliphatic carbocycles. The first kappa shape index (κ1) is 35.6. The molecule has 0 amide bonds. The standard InChI is InChI=1S/C47H43N4.Ir/c1-45(2,3)32-22-17-29(18-23-32)42-49-43(30-19-24-33(25-20-30)46(4,5)6)51-44(50-42)38-28-48-41(37-15-10-9-13-34(37)38)31-21-26-36-35-14-11-12-16-39(35)47(7,8)40(36)27-31;/h9-20,22-28H,1-8H3;/q-1;. The molecule has 7 aromatic rings. The molecule has 0 atom stereocenters. The third kappa shape index (κ3) is 6.21. The van der Waals surface area contributed by atoms with Crippen molar-refractivity contribution in [1.29, 1.82) is 0 Å². The molecule has 0 aliphatic heterocycles. The van der Waals surface area contributed by atoms with Crippen LogP contribution in [0, 0.1) is 6.07 Å². The molecule has 0 fully saturated rings. The van der Waals surface area contributed by atoms with Crippen molar-refractivity contribution in [3.05, 3.63) is 144 Å². The van der Waals surface area contributed by atoms with Gasteiger partial charge in [0.2, 0.25) is 0 Å². The van der Waals surface area contributed by atoms with Gasteiger partial charge in [0, 0.05) is 43.0 Å². The fourth-order valence-electron chi connectivity index (χ4n) is 7.35. The minimum Gasteiger partial charge on any atom is -0.303 e. The summed E-state index contributed by atoms with van der Waals surface area (Å²) in [5.41, 5.74) is 12.3. The molecule has 5 heteroatoms. The van der Waals surface area contributed by atoms with E-state index in [1.807, 2.05) is 6.20 Å². The molecule has 5 aromatic carbocycles. The summed E-state index contributed by atoms with van der Waals surface area (Å²) < 4.78 is 0. The van der Waals surface area contributed by atoms with Crippen LogP contribution in [0.3, 0.4) is 0 Å². The van der Waals surface area contributed by atoms with Crippen LogP contribution in [0.1, 0.15) is 77.6 Å². The van der Waals surface area contributed by atoms with Gasteiger partial charge in [-0.15, -0.1) is 29.3 Å². The fraction of sp³-hybridized carbons (Fsp3) is 0.234. The summed E-state index contributed by atoms with van der Waals surface area (Å²) in [4.78, 5) is 20.4. The Balaban J connectivity index is 0.00000420. The average molecular weight is 856 g/mol. The first-order valence-electron chi connectivity index (χ1n) is 17.8. The molecule has 0 unspecified atom stereocenters. The minimum atomic E-state index is -0.112. The van der Waals surface area contributed by atoms with Crippen LogP contribution in [-0.2, 0) is 36.4 Å². The third-order valence-electron chi connectivity index (χ3n) is 10.5. The largest absolute Gasteiger partial charge is 0.303 e. The van der Waals surface area contributed by atoms with E-state index in [2.05, 4.69) is 171 Å². The molecule has 0 N–H and O–H groups in total. The quantitative estimate of drug-likeness (QED) is 0.166. The zero-order valence-electron chi connectivity index (χ0n) is 31.1. The van der Waals surface area contributed by atoms with Gasteiger partial charge in [0.25, 0.3) is 0 Å². The van der Waals surface area contributed by atoms with E-state index in [-0.39, 0.29) is 36.4 Å². The van der Waals surface area contributed by atoms with Crippen molar-refractivity contribution < 1.29 is 20.1 Å². The van der Waals surface area contributed by atoms with Gasteiger partial charge in [-0.1, -0.05) is 164 Å². The van der Waals surface area contributed by atoms with Crippen molar-refractivity contribution in [2.45, 2.75) is 71.6 Å². The first-order chi connectivity index (χ1) is 24.3. The summed E-state index contributed by atoms with van der Waals surface area (Å²) in [6.45, 7) is 18.0. The number of pyridine rings is 1. The van der Waals surface area contributed by atoms with Crippen molar-refractivity contribution in [2.24, 2.45) is 0 Å². The molecule has 0 bridgehead atoms. The Bertz CT molecular complexity index is 2370. The van der Waals surface area contributed by atoms with Gasteiger partial charge in [0.1, 0.15) is 0 Å². The van der Waals surface area contributed by atoms with Crippen LogP contribution >= 0.6 is 0 Å². The molecule has 8 rings (SSSR count). The first-order valence-corrected chi connectivity index (χ1v) is 17.8. The average Bonchev–Trinajstić information content (AvgIpc) is 3.36. The van der Waals surface area contributed by atoms with E-state index in [1.54, 1.807) is 0 Å². The Morgan fingerprint density at radius 1 is 0.538 bits per heavy atom. The van der Waals surface area contributed by atoms with Crippen LogP contribution < -0.4 is 0 Å². The van der Waals surface area contributed by atoms with E-state index in [0.717, 1.165) is 38.7 Å². The summed E-state index contributed by atoms with van der Waals surface area (Å²) >= 11 is 0. The molecule has 2 heterocycles. The predicted octanol–water partition coefficient (Wildman–Crippen LogP) is 11.8. The van der Waals surface area contributed by atoms with Gasteiger partial charge in [0.05, 0.1) is 0 Å². The van der Waals surface area contributed by atoms with Crippen molar-refractivity contribution in [1.82, 2.24) is 19.9 Å². The number of rotatable bonds is 4. The third-order valence-corrected chi connectivity index (χ3v) is 10.5. The number of hydrogen-bond acceptors (Lipinski definition) is 4. The van der Waals surface area contributed by atoms with Gasteiger partial charge >= 0.3 is 0 Å². The van der Waals surface area contributed by atoms with Crippen molar-refractivity contribution >= 4 is 10.8 Å². The van der Waals surface area contributed by atoms with Gasteiger partial charge in [-0.25, -0.2) is 15.0 Å². The molecule has 52 heavy (non-hydrogen) atoms. The zero-order valence-corrected chi connectivity index (χ0v) is 33.5.